The van der Waals surface area contributed by atoms with E-state index in [2.05, 4.69) is 27.2 Å². The number of rotatable bonds is 5. The Kier molecular flexibility index (Phi) is 5.05. The molecule has 3 unspecified atom stereocenters. The Bertz CT molecular complexity index is 772. The maximum atomic E-state index is 13.0. The predicted molar refractivity (Wildman–Crippen MR) is 102 cm³/mol. The van der Waals surface area contributed by atoms with Crippen molar-refractivity contribution in [2.75, 3.05) is 33.2 Å². The summed E-state index contributed by atoms with van der Waals surface area (Å²) in [4.78, 5) is 43.8. The lowest BCUT2D eigenvalue weighted by Gasteiger charge is -2.43. The standard InChI is InChI=1S/C19H26N6O3/c1-22-16-15(17(27)25(19(22)28)12-14(20)26)24-10-5-9-23(18(24)21-16)11-8-13-6-3-2-4-7-13/h2-4,6-7,15-16,18,21H,5,8-12H2,1H3,(H2,20,26). The van der Waals surface area contributed by atoms with Crippen LogP contribution in [0.5, 0.6) is 0 Å². The molecule has 3 atom stereocenters. The zero-order chi connectivity index (χ0) is 19.8. The van der Waals surface area contributed by atoms with E-state index >= 15 is 0 Å². The number of nitrogens with one attached hydrogen (secondary N) is 1. The average molecular weight is 386 g/mol. The van der Waals surface area contributed by atoms with Crippen LogP contribution in [0.2, 0.25) is 0 Å². The molecule has 4 amide bonds. The number of urea groups is 1. The van der Waals surface area contributed by atoms with Crippen molar-refractivity contribution in [1.29, 1.82) is 0 Å². The van der Waals surface area contributed by atoms with E-state index in [9.17, 15) is 14.4 Å². The maximum absolute atomic E-state index is 13.0. The predicted octanol–water partition coefficient (Wildman–Crippen LogP) is -0.802. The first-order chi connectivity index (χ1) is 13.5. The van der Waals surface area contributed by atoms with Crippen molar-refractivity contribution in [2.24, 2.45) is 5.73 Å². The molecule has 3 aliphatic rings. The number of imide groups is 1. The van der Waals surface area contributed by atoms with E-state index in [1.807, 2.05) is 18.2 Å². The van der Waals surface area contributed by atoms with E-state index < -0.39 is 24.1 Å². The molecule has 3 heterocycles. The van der Waals surface area contributed by atoms with Crippen LogP contribution in [0.3, 0.4) is 0 Å². The topological polar surface area (TPSA) is 102 Å². The lowest BCUT2D eigenvalue weighted by atomic mass is 10.1. The Hall–Kier alpha value is -2.49. The fourth-order valence-electron chi connectivity index (χ4n) is 4.44. The summed E-state index contributed by atoms with van der Waals surface area (Å²) >= 11 is 0. The lowest BCUT2D eigenvalue weighted by molar-refractivity contribution is -0.142. The Morgan fingerprint density at radius 1 is 1.21 bits per heavy atom. The molecule has 0 saturated carbocycles. The lowest BCUT2D eigenvalue weighted by Crippen LogP contribution is -2.67. The second-order valence-corrected chi connectivity index (χ2v) is 7.58. The quantitative estimate of drug-likeness (QED) is 0.687. The monoisotopic (exact) mass is 386 g/mol. The molecule has 9 nitrogen and oxygen atoms in total. The van der Waals surface area contributed by atoms with Gasteiger partial charge in [-0.15, -0.1) is 0 Å². The highest BCUT2D eigenvalue weighted by molar-refractivity contribution is 6.03. The summed E-state index contributed by atoms with van der Waals surface area (Å²) in [5.74, 6) is -1.05. The van der Waals surface area contributed by atoms with Crippen LogP contribution in [-0.2, 0) is 16.0 Å². The van der Waals surface area contributed by atoms with Gasteiger partial charge < -0.3 is 10.6 Å². The molecule has 150 valence electrons. The molecule has 28 heavy (non-hydrogen) atoms. The van der Waals surface area contributed by atoms with E-state index in [4.69, 9.17) is 5.73 Å². The summed E-state index contributed by atoms with van der Waals surface area (Å²) in [6.45, 7) is 2.16. The van der Waals surface area contributed by atoms with Gasteiger partial charge in [-0.1, -0.05) is 30.3 Å². The summed E-state index contributed by atoms with van der Waals surface area (Å²) in [5, 5.41) is 3.46. The molecule has 3 N–H and O–H groups in total. The van der Waals surface area contributed by atoms with Gasteiger partial charge in [-0.05, 0) is 18.4 Å². The summed E-state index contributed by atoms with van der Waals surface area (Å²) in [5.41, 5.74) is 6.51. The highest BCUT2D eigenvalue weighted by Crippen LogP contribution is 2.30. The van der Waals surface area contributed by atoms with E-state index in [0.29, 0.717) is 0 Å². The molecule has 4 rings (SSSR count). The molecule has 0 aromatic heterocycles. The van der Waals surface area contributed by atoms with Crippen molar-refractivity contribution in [3.05, 3.63) is 35.9 Å². The van der Waals surface area contributed by atoms with Gasteiger partial charge in [-0.3, -0.25) is 29.6 Å². The van der Waals surface area contributed by atoms with E-state index in [0.717, 1.165) is 37.4 Å². The largest absolute Gasteiger partial charge is 0.368 e. The summed E-state index contributed by atoms with van der Waals surface area (Å²) in [7, 11) is 1.65. The van der Waals surface area contributed by atoms with Crippen LogP contribution < -0.4 is 11.1 Å². The number of carbonyl (C=O) groups is 3. The molecule has 0 aliphatic carbocycles. The average Bonchev–Trinajstić information content (AvgIpc) is 3.09. The molecule has 0 spiro atoms. The molecule has 3 saturated heterocycles. The first-order valence-corrected chi connectivity index (χ1v) is 9.63. The number of carbonyl (C=O) groups excluding carboxylic acids is 3. The number of hydrogen-bond acceptors (Lipinski definition) is 6. The van der Waals surface area contributed by atoms with Gasteiger partial charge in [0.15, 0.2) is 0 Å². The molecule has 3 fully saturated rings. The Morgan fingerprint density at radius 3 is 2.68 bits per heavy atom. The highest BCUT2D eigenvalue weighted by Gasteiger charge is 2.55. The van der Waals surface area contributed by atoms with Crippen molar-refractivity contribution in [3.63, 3.8) is 0 Å². The number of nitrogens with zero attached hydrogens (tertiary/aromatic N) is 4. The van der Waals surface area contributed by atoms with Crippen molar-refractivity contribution < 1.29 is 14.4 Å². The minimum atomic E-state index is -0.695. The van der Waals surface area contributed by atoms with E-state index in [1.165, 1.54) is 10.5 Å². The fraction of sp³-hybridized carbons (Fsp3) is 0.526. The van der Waals surface area contributed by atoms with Gasteiger partial charge in [0.1, 0.15) is 25.0 Å². The molecular formula is C19H26N6O3. The van der Waals surface area contributed by atoms with Crippen LogP contribution in [0.15, 0.2) is 30.3 Å². The van der Waals surface area contributed by atoms with Crippen LogP contribution in [0.25, 0.3) is 0 Å². The smallest absolute Gasteiger partial charge is 0.328 e. The zero-order valence-electron chi connectivity index (χ0n) is 16.0. The van der Waals surface area contributed by atoms with Gasteiger partial charge in [-0.2, -0.15) is 0 Å². The number of fused-ring (bicyclic) bond motifs is 3. The summed E-state index contributed by atoms with van der Waals surface area (Å²) in [6.07, 6.45) is 1.34. The van der Waals surface area contributed by atoms with Gasteiger partial charge in [0.2, 0.25) is 5.91 Å². The number of primary amides is 1. The van der Waals surface area contributed by atoms with Crippen molar-refractivity contribution >= 4 is 17.8 Å². The third kappa shape index (κ3) is 3.25. The fourth-order valence-corrected chi connectivity index (χ4v) is 4.44. The molecule has 9 heteroatoms. The van der Waals surface area contributed by atoms with Crippen molar-refractivity contribution in [2.45, 2.75) is 31.3 Å². The third-order valence-corrected chi connectivity index (χ3v) is 5.81. The summed E-state index contributed by atoms with van der Waals surface area (Å²) in [6, 6.07) is 9.30. The van der Waals surface area contributed by atoms with Crippen LogP contribution in [0.1, 0.15) is 12.0 Å². The molecule has 1 aromatic carbocycles. The number of hydrogen-bond donors (Lipinski definition) is 2. The second-order valence-electron chi connectivity index (χ2n) is 7.58. The number of nitrogens with two attached hydrogens (primary N) is 1. The first kappa shape index (κ1) is 18.9. The Balaban J connectivity index is 1.51. The number of likely N-dealkylation sites (N-methyl/N-ethyl adjacent to an activating group) is 1. The van der Waals surface area contributed by atoms with Gasteiger partial charge in [0.05, 0.1) is 0 Å². The highest BCUT2D eigenvalue weighted by atomic mass is 16.2. The van der Waals surface area contributed by atoms with E-state index in [-0.39, 0.29) is 18.7 Å². The Morgan fingerprint density at radius 2 is 1.96 bits per heavy atom. The normalized spacial score (nSPS) is 28.4. The van der Waals surface area contributed by atoms with Crippen molar-refractivity contribution in [1.82, 2.24) is 24.9 Å². The van der Waals surface area contributed by atoms with Crippen LogP contribution in [0.4, 0.5) is 4.79 Å². The van der Waals surface area contributed by atoms with Gasteiger partial charge in [0, 0.05) is 26.7 Å². The number of benzene rings is 1. The summed E-state index contributed by atoms with van der Waals surface area (Å²) < 4.78 is 0. The van der Waals surface area contributed by atoms with Crippen molar-refractivity contribution in [3.8, 4) is 0 Å². The molecule has 3 aliphatic heterocycles. The minimum Gasteiger partial charge on any atom is -0.368 e. The number of amides is 4. The molecule has 0 radical (unpaired) electrons. The van der Waals surface area contributed by atoms with Gasteiger partial charge in [-0.25, -0.2) is 4.79 Å². The minimum absolute atomic E-state index is 0.111. The molecular weight excluding hydrogens is 360 g/mol. The Labute approximate surface area is 164 Å². The maximum Gasteiger partial charge on any atom is 0.328 e. The second kappa shape index (κ2) is 7.50. The van der Waals surface area contributed by atoms with Gasteiger partial charge >= 0.3 is 6.03 Å². The van der Waals surface area contributed by atoms with Crippen LogP contribution >= 0.6 is 0 Å². The molecule has 1 aromatic rings. The zero-order valence-corrected chi connectivity index (χ0v) is 16.0. The SMILES string of the molecule is CN1C(=O)N(CC(N)=O)C(=O)C2C1NC1N(CCc3ccccc3)CCCN21. The van der Waals surface area contributed by atoms with E-state index in [1.54, 1.807) is 7.05 Å². The first-order valence-electron chi connectivity index (χ1n) is 9.63. The van der Waals surface area contributed by atoms with Crippen LogP contribution in [0, 0.1) is 0 Å². The van der Waals surface area contributed by atoms with Gasteiger partial charge in [0.25, 0.3) is 5.91 Å². The molecule has 0 bridgehead atoms. The third-order valence-electron chi connectivity index (χ3n) is 5.81. The van der Waals surface area contributed by atoms with Crippen LogP contribution in [-0.4, -0.2) is 89.2 Å².